The number of hydrogen-bond donors (Lipinski definition) is 0. The molecule has 0 aromatic heterocycles. The van der Waals surface area contributed by atoms with Gasteiger partial charge in [-0.1, -0.05) is 208 Å². The minimum Gasteiger partial charge on any atom is -0.0619 e. The third-order valence-electron chi connectivity index (χ3n) is 54.3. The average molecular weight is 1360 g/mol. The maximum Gasteiger partial charge on any atom is -0.0117 e. The lowest BCUT2D eigenvalue weighted by molar-refractivity contribution is -0.512. The van der Waals surface area contributed by atoms with Crippen LogP contribution >= 0.6 is 0 Å². The Morgan fingerprint density at radius 2 is 0.310 bits per heavy atom. The van der Waals surface area contributed by atoms with Crippen molar-refractivity contribution in [3.63, 3.8) is 0 Å². The second-order valence-corrected chi connectivity index (χ2v) is 53.3. The normalized spacial score (nSPS) is 65.2. The van der Waals surface area contributed by atoms with Crippen LogP contribution in [0.2, 0.25) is 0 Å². The van der Waals surface area contributed by atoms with Crippen molar-refractivity contribution in [2.75, 3.05) is 0 Å². The van der Waals surface area contributed by atoms with Gasteiger partial charge in [0, 0.05) is 0 Å². The van der Waals surface area contributed by atoms with Gasteiger partial charge < -0.3 is 0 Å². The lowest BCUT2D eigenvalue weighted by Crippen LogP contribution is -2.93. The van der Waals surface area contributed by atoms with E-state index < -0.39 is 0 Å². The average Bonchev–Trinajstić information content (AvgIpc) is 0.595. The van der Waals surface area contributed by atoms with E-state index in [4.69, 9.17) is 0 Å². The SMILES string of the molecule is CC1CCC2CC1(C1(C)CCC3CC1(C1(C)CCC4CC1(C1(C)CCC5CC1(C1(C)CCC6CC1(C1(C)CCC7CC1(C1(C)CCC8CC1(C1(C)CCC9CC1(C1(C)CCC%10CC1(C1%11CC(CCC1C)C%11(C)C)C%10(C)C)C9(C)C)C8(C)C)C7(C)C)C6(C)C)C5(C)C)C4(C)C)C3(C)C)C2(C)C. The van der Waals surface area contributed by atoms with Crippen molar-refractivity contribution in [2.24, 2.45) is 223 Å². The van der Waals surface area contributed by atoms with Crippen LogP contribution in [0.15, 0.2) is 0 Å². The summed E-state index contributed by atoms with van der Waals surface area (Å²) in [5, 5.41) is 0. The highest BCUT2D eigenvalue weighted by atomic mass is 15.0. The molecule has 30 aliphatic rings. The van der Waals surface area contributed by atoms with E-state index in [1.165, 1.54) is 161 Å². The summed E-state index contributed by atoms with van der Waals surface area (Å²) in [6.45, 7) is 91.8. The summed E-state index contributed by atoms with van der Waals surface area (Å²) in [5.74, 6) is 10.4. The van der Waals surface area contributed by atoms with Crippen molar-refractivity contribution < 1.29 is 0 Å². The molecule has 30 aliphatic carbocycles. The Labute approximate surface area is 619 Å². The maximum absolute atomic E-state index is 3.31. The minimum absolute atomic E-state index is 0.204. The maximum atomic E-state index is 3.31. The van der Waals surface area contributed by atoms with Crippen LogP contribution in [-0.4, -0.2) is 0 Å². The fourth-order valence-electron chi connectivity index (χ4n) is 51.1. The van der Waals surface area contributed by atoms with Crippen LogP contribution in [0.5, 0.6) is 0 Å². The van der Waals surface area contributed by atoms with Crippen molar-refractivity contribution >= 4 is 0 Å². The van der Waals surface area contributed by atoms with E-state index in [9.17, 15) is 0 Å². The van der Waals surface area contributed by atoms with Gasteiger partial charge >= 0.3 is 0 Å². The molecule has 0 aliphatic heterocycles. The summed E-state index contributed by atoms with van der Waals surface area (Å²) < 4.78 is 0. The molecule has 20 bridgehead atoms. The van der Waals surface area contributed by atoms with E-state index in [1.807, 2.05) is 0 Å². The van der Waals surface area contributed by atoms with Crippen LogP contribution < -0.4 is 0 Å². The fraction of sp³-hybridized carbons (Fsp3) is 1.00. The fourth-order valence-corrected chi connectivity index (χ4v) is 51.1. The largest absolute Gasteiger partial charge is 0.0619 e. The van der Waals surface area contributed by atoms with Crippen LogP contribution in [0.25, 0.3) is 0 Å². The van der Waals surface area contributed by atoms with Gasteiger partial charge in [-0.25, -0.2) is 0 Å². The molecule has 30 fully saturated rings. The van der Waals surface area contributed by atoms with Gasteiger partial charge in [0.1, 0.15) is 0 Å². The molecule has 0 aromatic rings. The van der Waals surface area contributed by atoms with E-state index in [2.05, 4.69) is 208 Å². The second kappa shape index (κ2) is 17.4. The summed E-state index contributed by atoms with van der Waals surface area (Å²) >= 11 is 0. The Hall–Kier alpha value is 0. The Balaban J connectivity index is 0.803. The lowest BCUT2D eigenvalue weighted by atomic mass is 9.05. The first-order valence-electron chi connectivity index (χ1n) is 45.7. The molecule has 0 heteroatoms. The number of rotatable bonds is 9. The highest BCUT2D eigenvalue weighted by Crippen LogP contribution is 3.07. The predicted octanol–water partition coefficient (Wildman–Crippen LogP) is 28.6. The third kappa shape index (κ3) is 5.15. The van der Waals surface area contributed by atoms with E-state index >= 15 is 0 Å². The zero-order chi connectivity index (χ0) is 72.1. The summed E-state index contributed by atoms with van der Waals surface area (Å²) in [6, 6.07) is 0. The smallest absolute Gasteiger partial charge is 0.0117 e. The van der Waals surface area contributed by atoms with Gasteiger partial charge in [-0.15, -0.1) is 0 Å². The van der Waals surface area contributed by atoms with Gasteiger partial charge in [0.25, 0.3) is 0 Å². The molecule has 100 heavy (non-hydrogen) atoms. The zero-order valence-corrected chi connectivity index (χ0v) is 72.1. The first-order chi connectivity index (χ1) is 45.7. The summed E-state index contributed by atoms with van der Waals surface area (Å²) in [7, 11) is 0. The second-order valence-electron chi connectivity index (χ2n) is 53.3. The molecule has 0 heterocycles. The number of fused-ring (bicyclic) bond motifs is 20. The lowest BCUT2D eigenvalue weighted by Gasteiger charge is -2.99. The van der Waals surface area contributed by atoms with E-state index in [0.717, 1.165) is 71.0 Å². The standard InChI is InChI=1S/C100H162/c1-61-31-33-63-51-91(61,73(63,3)4)83(23)43-35-65-53-93(83,75(65,7)8)84(24)44-36-66-54-94(84,76(66,9)10)85(25)45-37-67-55-95(85,77(67,11)12)86(26)46-38-68-56-96(86,78(68,13)14)87(27)47-39-69-57-97(87,79(69,15)16)88(28)48-40-70-58-98(88,80(70,17)18)89(29)49-41-71-59-99(89,81(71,19)20)90(30)50-42-72-60-100(90,82(72,21)22)92-52-64(74(92,5)6)34-32-62(92)2/h61-72H,31-60H2,1-30H3. The molecule has 0 nitrogen and oxygen atoms in total. The number of hydrogen-bond acceptors (Lipinski definition) is 0. The molecule has 30 atom stereocenters. The predicted molar refractivity (Wildman–Crippen MR) is 419 cm³/mol. The highest BCUT2D eigenvalue weighted by Gasteiger charge is 3.01. The van der Waals surface area contributed by atoms with Gasteiger partial charge in [-0.05, 0) is 415 Å². The van der Waals surface area contributed by atoms with E-state index in [-0.39, 0.29) is 81.2 Å². The molecular formula is C100H162. The van der Waals surface area contributed by atoms with Gasteiger partial charge in [-0.2, -0.15) is 0 Å². The minimum atomic E-state index is 0.204. The molecule has 30 saturated carbocycles. The van der Waals surface area contributed by atoms with E-state index in [0.29, 0.717) is 70.4 Å². The third-order valence-corrected chi connectivity index (χ3v) is 54.3. The summed E-state index contributed by atoms with van der Waals surface area (Å²) in [5.41, 5.74) is 8.38. The zero-order valence-electron chi connectivity index (χ0n) is 72.1. The van der Waals surface area contributed by atoms with Crippen LogP contribution in [0.1, 0.15) is 400 Å². The Morgan fingerprint density at radius 1 is 0.150 bits per heavy atom. The first-order valence-corrected chi connectivity index (χ1v) is 45.7. The molecule has 0 amide bonds. The molecule has 30 rings (SSSR count). The van der Waals surface area contributed by atoms with Gasteiger partial charge in [0.2, 0.25) is 0 Å². The molecule has 0 spiro atoms. The van der Waals surface area contributed by atoms with Crippen molar-refractivity contribution in [1.82, 2.24) is 0 Å². The van der Waals surface area contributed by atoms with Crippen LogP contribution in [0.3, 0.4) is 0 Å². The van der Waals surface area contributed by atoms with Crippen molar-refractivity contribution in [3.8, 4) is 0 Å². The summed E-state index contributed by atoms with van der Waals surface area (Å²) in [6.07, 6.45) is 45.4. The quantitative estimate of drug-likeness (QED) is 0.216. The van der Waals surface area contributed by atoms with Crippen molar-refractivity contribution in [3.05, 3.63) is 0 Å². The molecule has 0 radical (unpaired) electrons. The van der Waals surface area contributed by atoms with Crippen LogP contribution in [0.4, 0.5) is 0 Å². The molecular weight excluding hydrogens is 1200 g/mol. The van der Waals surface area contributed by atoms with Crippen molar-refractivity contribution in [1.29, 1.82) is 0 Å². The summed E-state index contributed by atoms with van der Waals surface area (Å²) in [4.78, 5) is 0. The van der Waals surface area contributed by atoms with Crippen LogP contribution in [-0.2, 0) is 0 Å². The molecule has 0 N–H and O–H groups in total. The van der Waals surface area contributed by atoms with Gasteiger partial charge in [-0.3, -0.25) is 0 Å². The Bertz CT molecular complexity index is 3640. The van der Waals surface area contributed by atoms with E-state index in [1.54, 1.807) is 32.1 Å². The first kappa shape index (κ1) is 69.2. The highest BCUT2D eigenvalue weighted by molar-refractivity contribution is 5.48. The Kier molecular flexibility index (Phi) is 12.0. The van der Waals surface area contributed by atoms with Gasteiger partial charge in [0.15, 0.2) is 0 Å². The van der Waals surface area contributed by atoms with Crippen molar-refractivity contribution in [2.45, 2.75) is 400 Å². The Morgan fingerprint density at radius 3 is 0.500 bits per heavy atom. The monoisotopic (exact) mass is 1360 g/mol. The van der Waals surface area contributed by atoms with Crippen LogP contribution in [0, 0.1) is 223 Å². The molecule has 562 valence electrons. The molecule has 30 unspecified atom stereocenters. The molecule has 0 aromatic carbocycles. The van der Waals surface area contributed by atoms with Gasteiger partial charge in [0.05, 0.1) is 0 Å². The molecule has 0 saturated heterocycles. The topological polar surface area (TPSA) is 0 Å².